The van der Waals surface area contributed by atoms with E-state index in [0.717, 1.165) is 0 Å². The Bertz CT molecular complexity index is 181. The molecule has 0 aliphatic carbocycles. The summed E-state index contributed by atoms with van der Waals surface area (Å²) in [6.45, 7) is 13.4. The van der Waals surface area contributed by atoms with Crippen LogP contribution in [0.4, 0.5) is 0 Å². The van der Waals surface area contributed by atoms with Gasteiger partial charge in [-0.15, -0.1) is 6.58 Å². The second-order valence-electron chi connectivity index (χ2n) is 5.38. The lowest BCUT2D eigenvalue weighted by Crippen LogP contribution is -2.54. The van der Waals surface area contributed by atoms with E-state index in [1.807, 2.05) is 0 Å². The molecule has 0 aromatic heterocycles. The molecule has 0 aliphatic rings. The van der Waals surface area contributed by atoms with Crippen LogP contribution in [0.15, 0.2) is 12.3 Å². The molecule has 84 valence electrons. The average Bonchev–Trinajstić information content (AvgIpc) is 2.03. The van der Waals surface area contributed by atoms with Gasteiger partial charge in [0.1, 0.15) is 0 Å². The van der Waals surface area contributed by atoms with E-state index in [9.17, 15) is 0 Å². The van der Waals surface area contributed by atoms with Crippen LogP contribution in [-0.4, -0.2) is 26.9 Å². The van der Waals surface area contributed by atoms with Crippen LogP contribution in [0.25, 0.3) is 0 Å². The first-order valence-electron chi connectivity index (χ1n) is 5.63. The Morgan fingerprint density at radius 1 is 1.29 bits per heavy atom. The number of nitrogens with zero attached hydrogens (tertiary/aromatic N) is 1. The van der Waals surface area contributed by atoms with Crippen LogP contribution < -0.4 is 0 Å². The minimum Gasteiger partial charge on any atom is -0.326 e. The van der Waals surface area contributed by atoms with Crippen LogP contribution in [0.5, 0.6) is 0 Å². The fraction of sp³-hybridized carbons (Fsp3) is 0.833. The van der Waals surface area contributed by atoms with Gasteiger partial charge in [-0.2, -0.15) is 0 Å². The number of hydrogen-bond donors (Lipinski definition) is 0. The van der Waals surface area contributed by atoms with Crippen molar-refractivity contribution in [2.45, 2.75) is 51.6 Å². The van der Waals surface area contributed by atoms with E-state index in [2.05, 4.69) is 58.6 Å². The summed E-state index contributed by atoms with van der Waals surface area (Å²) in [7, 11) is 2.96. The molecule has 1 unspecified atom stereocenters. The lowest BCUT2D eigenvalue weighted by Gasteiger charge is -2.45. The van der Waals surface area contributed by atoms with Crippen molar-refractivity contribution in [3.8, 4) is 0 Å². The van der Waals surface area contributed by atoms with Gasteiger partial charge in [0.15, 0.2) is 8.24 Å². The maximum absolute atomic E-state index is 4.09. The third-order valence-corrected chi connectivity index (χ3v) is 9.33. The van der Waals surface area contributed by atoms with Gasteiger partial charge in [0.2, 0.25) is 0 Å². The first-order valence-corrected chi connectivity index (χ1v) is 7.86. The van der Waals surface area contributed by atoms with E-state index in [1.165, 1.54) is 18.9 Å². The summed E-state index contributed by atoms with van der Waals surface area (Å²) in [5.74, 6) is 0. The predicted octanol–water partition coefficient (Wildman–Crippen LogP) is 3.82. The van der Waals surface area contributed by atoms with Crippen molar-refractivity contribution in [3.05, 3.63) is 12.3 Å². The zero-order chi connectivity index (χ0) is 11.4. The summed E-state index contributed by atoms with van der Waals surface area (Å²) in [6, 6.07) is 1.34. The van der Waals surface area contributed by atoms with Crippen molar-refractivity contribution in [2.24, 2.45) is 0 Å². The Balaban J connectivity index is 4.89. The summed E-state index contributed by atoms with van der Waals surface area (Å²) in [6.07, 6.45) is 2.61. The lowest BCUT2D eigenvalue weighted by molar-refractivity contribution is 0.541. The van der Waals surface area contributed by atoms with Crippen molar-refractivity contribution < 1.29 is 0 Å². The van der Waals surface area contributed by atoms with Crippen LogP contribution in [-0.2, 0) is 0 Å². The molecule has 0 aromatic rings. The van der Waals surface area contributed by atoms with Gasteiger partial charge < -0.3 is 4.57 Å². The van der Waals surface area contributed by atoms with Crippen LogP contribution in [0.2, 0.25) is 11.1 Å². The highest BCUT2D eigenvalue weighted by Crippen LogP contribution is 2.41. The first kappa shape index (κ1) is 13.9. The smallest absolute Gasteiger partial charge is 0.157 e. The standard InChI is InChI=1S/C12H27NSi/c1-8-10-11-14(9-2,13(6)7)12(3,4)5/h9H,2,8,10-11H2,1,3-7H3. The van der Waals surface area contributed by atoms with Crippen LogP contribution in [0.3, 0.4) is 0 Å². The van der Waals surface area contributed by atoms with Crippen molar-refractivity contribution >= 4 is 8.24 Å². The van der Waals surface area contributed by atoms with E-state index in [4.69, 9.17) is 0 Å². The molecule has 2 heteroatoms. The van der Waals surface area contributed by atoms with Crippen molar-refractivity contribution in [3.63, 3.8) is 0 Å². The molecular formula is C12H27NSi. The van der Waals surface area contributed by atoms with E-state index in [-0.39, 0.29) is 0 Å². The third kappa shape index (κ3) is 2.70. The van der Waals surface area contributed by atoms with Gasteiger partial charge in [-0.1, -0.05) is 46.2 Å². The van der Waals surface area contributed by atoms with Crippen molar-refractivity contribution in [2.75, 3.05) is 14.1 Å². The van der Waals surface area contributed by atoms with Gasteiger partial charge in [0.25, 0.3) is 0 Å². The maximum atomic E-state index is 4.09. The molecule has 0 bridgehead atoms. The summed E-state index contributed by atoms with van der Waals surface area (Å²) in [4.78, 5) is 0. The highest BCUT2D eigenvalue weighted by Gasteiger charge is 2.43. The fourth-order valence-corrected chi connectivity index (χ4v) is 6.92. The minimum atomic E-state index is -1.47. The average molecular weight is 213 g/mol. The molecule has 1 nitrogen and oxygen atoms in total. The quantitative estimate of drug-likeness (QED) is 0.628. The fourth-order valence-electron chi connectivity index (χ4n) is 2.31. The molecule has 0 amide bonds. The van der Waals surface area contributed by atoms with Crippen LogP contribution in [0.1, 0.15) is 40.5 Å². The largest absolute Gasteiger partial charge is 0.326 e. The zero-order valence-electron chi connectivity index (χ0n) is 10.9. The molecule has 1 atom stereocenters. The predicted molar refractivity (Wildman–Crippen MR) is 69.1 cm³/mol. The van der Waals surface area contributed by atoms with E-state index < -0.39 is 8.24 Å². The summed E-state index contributed by atoms with van der Waals surface area (Å²) < 4.78 is 2.45. The number of unbranched alkanes of at least 4 members (excludes halogenated alkanes) is 1. The second-order valence-corrected chi connectivity index (χ2v) is 10.5. The van der Waals surface area contributed by atoms with E-state index >= 15 is 0 Å². The topological polar surface area (TPSA) is 3.24 Å². The maximum Gasteiger partial charge on any atom is 0.157 e. The normalized spacial score (nSPS) is 16.8. The Morgan fingerprint density at radius 2 is 1.79 bits per heavy atom. The Labute approximate surface area is 91.3 Å². The molecule has 0 N–H and O–H groups in total. The molecule has 14 heavy (non-hydrogen) atoms. The molecule has 0 saturated carbocycles. The van der Waals surface area contributed by atoms with Crippen molar-refractivity contribution in [1.29, 1.82) is 0 Å². The summed E-state index contributed by atoms with van der Waals surface area (Å²) >= 11 is 0. The molecule has 0 spiro atoms. The molecule has 0 fully saturated rings. The highest BCUT2D eigenvalue weighted by molar-refractivity contribution is 6.84. The monoisotopic (exact) mass is 213 g/mol. The van der Waals surface area contributed by atoms with Gasteiger partial charge in [-0.3, -0.25) is 0 Å². The van der Waals surface area contributed by atoms with Gasteiger partial charge in [-0.25, -0.2) is 0 Å². The second kappa shape index (κ2) is 5.13. The Morgan fingerprint density at radius 3 is 2.00 bits per heavy atom. The zero-order valence-corrected chi connectivity index (χ0v) is 11.9. The van der Waals surface area contributed by atoms with E-state index in [0.29, 0.717) is 5.04 Å². The number of rotatable bonds is 5. The molecule has 0 radical (unpaired) electrons. The summed E-state index contributed by atoms with van der Waals surface area (Å²) in [5.41, 5.74) is 2.27. The molecular weight excluding hydrogens is 186 g/mol. The van der Waals surface area contributed by atoms with Crippen LogP contribution >= 0.6 is 0 Å². The molecule has 0 saturated heterocycles. The van der Waals surface area contributed by atoms with Crippen molar-refractivity contribution in [1.82, 2.24) is 4.57 Å². The molecule has 0 aromatic carbocycles. The Hall–Kier alpha value is -0.0831. The number of hydrogen-bond acceptors (Lipinski definition) is 1. The minimum absolute atomic E-state index is 0.382. The van der Waals surface area contributed by atoms with Gasteiger partial charge in [-0.05, 0) is 25.2 Å². The van der Waals surface area contributed by atoms with Gasteiger partial charge in [0, 0.05) is 0 Å². The van der Waals surface area contributed by atoms with Gasteiger partial charge >= 0.3 is 0 Å². The lowest BCUT2D eigenvalue weighted by atomic mass is 10.2. The van der Waals surface area contributed by atoms with E-state index in [1.54, 1.807) is 0 Å². The highest BCUT2D eigenvalue weighted by atomic mass is 28.3. The SMILES string of the molecule is C=C[Si](CCCC)(N(C)C)C(C)(C)C. The molecule has 0 aliphatic heterocycles. The Kier molecular flexibility index (Phi) is 5.10. The molecule has 0 rings (SSSR count). The van der Waals surface area contributed by atoms with Gasteiger partial charge in [0.05, 0.1) is 0 Å². The molecule has 0 heterocycles. The summed E-state index contributed by atoms with van der Waals surface area (Å²) in [5, 5.41) is 0.382. The third-order valence-electron chi connectivity index (χ3n) is 3.35. The first-order chi connectivity index (χ1) is 6.31. The van der Waals surface area contributed by atoms with Crippen LogP contribution in [0, 0.1) is 0 Å².